The van der Waals surface area contributed by atoms with E-state index in [1.807, 2.05) is 80.6 Å². The third-order valence-electron chi connectivity index (χ3n) is 12.3. The molecule has 288 valence electrons. The van der Waals surface area contributed by atoms with Crippen LogP contribution in [0.3, 0.4) is 0 Å². The number of allylic oxidation sites excluding steroid dienone is 1. The first-order valence-corrected chi connectivity index (χ1v) is 20.2. The minimum atomic E-state index is -1.06. The largest absolute Gasteiger partial charge is 0.507 e. The van der Waals surface area contributed by atoms with Crippen LogP contribution in [0.2, 0.25) is 6.32 Å². The maximum absolute atomic E-state index is 14.6. The molecular weight excluding hydrogens is 699 g/mol. The quantitative estimate of drug-likeness (QED) is 0.0697. The first-order valence-electron chi connectivity index (χ1n) is 20.2. The Labute approximate surface area is 330 Å². The SMILES string of the molecule is Cc1cc(/C=C(/CC[C@H]2OB(O)C[C@H]3C2=C(COc2ccccc2)C[C@H]2C(=O)N(C4CCN(Cc5ccccc5)CC4)C(=O)[C@H]23)c2ccccc2)cc(C)c1O. The van der Waals surface area contributed by atoms with E-state index in [-0.39, 0.29) is 36.7 Å². The number of carbonyl (C=O) groups excluding carboxylic acids is 2. The van der Waals surface area contributed by atoms with Gasteiger partial charge < -0.3 is 19.5 Å². The van der Waals surface area contributed by atoms with Gasteiger partial charge in [0.2, 0.25) is 11.8 Å². The van der Waals surface area contributed by atoms with Gasteiger partial charge in [-0.25, -0.2) is 0 Å². The van der Waals surface area contributed by atoms with E-state index in [4.69, 9.17) is 9.39 Å². The zero-order valence-electron chi connectivity index (χ0n) is 32.3. The van der Waals surface area contributed by atoms with Crippen LogP contribution in [0.5, 0.6) is 11.5 Å². The maximum Gasteiger partial charge on any atom is 0.455 e. The van der Waals surface area contributed by atoms with Crippen LogP contribution in [0, 0.1) is 31.6 Å². The van der Waals surface area contributed by atoms with Crippen molar-refractivity contribution in [2.45, 2.75) is 71.0 Å². The number of ether oxygens (including phenoxy) is 1. The number of likely N-dealkylation sites (tertiary alicyclic amines) is 2. The van der Waals surface area contributed by atoms with Gasteiger partial charge in [0, 0.05) is 25.7 Å². The summed E-state index contributed by atoms with van der Waals surface area (Å²) in [5.41, 5.74) is 8.08. The summed E-state index contributed by atoms with van der Waals surface area (Å²) >= 11 is 0. The van der Waals surface area contributed by atoms with Gasteiger partial charge in [-0.05, 0) is 127 Å². The molecule has 4 atom stereocenters. The van der Waals surface area contributed by atoms with Crippen LogP contribution in [0.1, 0.15) is 59.9 Å². The highest BCUT2D eigenvalue weighted by molar-refractivity contribution is 6.43. The molecule has 1 aliphatic carbocycles. The molecule has 3 saturated heterocycles. The predicted octanol–water partition coefficient (Wildman–Crippen LogP) is 7.87. The number of fused-ring (bicyclic) bond motifs is 3. The van der Waals surface area contributed by atoms with Crippen molar-refractivity contribution in [3.8, 4) is 11.5 Å². The van der Waals surface area contributed by atoms with E-state index in [2.05, 4.69) is 47.4 Å². The molecule has 0 spiro atoms. The molecule has 4 aliphatic rings. The molecule has 8 rings (SSSR count). The molecule has 8 nitrogen and oxygen atoms in total. The number of rotatable bonds is 11. The summed E-state index contributed by atoms with van der Waals surface area (Å²) in [7, 11) is -1.06. The second-order valence-electron chi connectivity index (χ2n) is 16.0. The molecule has 9 heteroatoms. The standard InChI is InChI=1S/C47H51BN2O6/c1-31-24-34(25-32(2)45(31)51)26-36(35-14-8-4-9-15-35)18-19-42-43-37(30-55-39-16-10-5-11-17-39)27-40-44(41(43)28-48(54)56-42)47(53)50(46(40)52)38-20-22-49(23-21-38)29-33-12-6-3-7-13-33/h3-17,24-26,38,40-42,44,51,54H,18-23,27-30H2,1-2H3/b36-26-/t40-,41+,42-,44-/m1/s1. The van der Waals surface area contributed by atoms with Gasteiger partial charge in [0.1, 0.15) is 18.1 Å². The molecule has 3 heterocycles. The zero-order chi connectivity index (χ0) is 38.8. The van der Waals surface area contributed by atoms with Crippen molar-refractivity contribution < 1.29 is 29.1 Å². The molecule has 3 aliphatic heterocycles. The van der Waals surface area contributed by atoms with Gasteiger partial charge in [-0.2, -0.15) is 0 Å². The molecule has 2 N–H and O–H groups in total. The average molecular weight is 751 g/mol. The minimum absolute atomic E-state index is 0.0796. The monoisotopic (exact) mass is 750 g/mol. The number of amides is 2. The van der Waals surface area contributed by atoms with Crippen LogP contribution in [-0.4, -0.2) is 70.7 Å². The Kier molecular flexibility index (Phi) is 11.3. The van der Waals surface area contributed by atoms with Crippen LogP contribution in [0.25, 0.3) is 11.6 Å². The van der Waals surface area contributed by atoms with Gasteiger partial charge in [0.25, 0.3) is 0 Å². The number of hydrogen-bond donors (Lipinski definition) is 2. The van der Waals surface area contributed by atoms with Crippen LogP contribution >= 0.6 is 0 Å². The molecule has 0 radical (unpaired) electrons. The second kappa shape index (κ2) is 16.6. The number of para-hydroxylation sites is 1. The first-order chi connectivity index (χ1) is 27.2. The molecule has 4 aromatic rings. The van der Waals surface area contributed by atoms with Crippen molar-refractivity contribution in [3.63, 3.8) is 0 Å². The summed E-state index contributed by atoms with van der Waals surface area (Å²) in [6.07, 6.45) is 5.10. The highest BCUT2D eigenvalue weighted by atomic mass is 16.5. The van der Waals surface area contributed by atoms with Gasteiger partial charge in [-0.3, -0.25) is 19.4 Å². The molecule has 0 unspecified atom stereocenters. The number of nitrogens with zero attached hydrogens (tertiary/aromatic N) is 2. The number of piperidine rings is 1. The summed E-state index contributed by atoms with van der Waals surface area (Å²) < 4.78 is 12.8. The number of benzene rings is 4. The molecule has 4 aromatic carbocycles. The molecular formula is C47H51BN2O6. The fourth-order valence-corrected chi connectivity index (χ4v) is 9.66. The lowest BCUT2D eigenvalue weighted by Gasteiger charge is -2.43. The number of carbonyl (C=O) groups is 2. The van der Waals surface area contributed by atoms with Gasteiger partial charge >= 0.3 is 7.12 Å². The van der Waals surface area contributed by atoms with Gasteiger partial charge in [-0.15, -0.1) is 0 Å². The Morgan fingerprint density at radius 1 is 0.875 bits per heavy atom. The number of hydrogen-bond acceptors (Lipinski definition) is 7. The lowest BCUT2D eigenvalue weighted by atomic mass is 9.58. The van der Waals surface area contributed by atoms with Crippen LogP contribution < -0.4 is 4.74 Å². The summed E-state index contributed by atoms with van der Waals surface area (Å²) in [4.78, 5) is 33.0. The summed E-state index contributed by atoms with van der Waals surface area (Å²) in [5.74, 6) is -0.485. The molecule has 3 fully saturated rings. The van der Waals surface area contributed by atoms with Crippen molar-refractivity contribution in [2.75, 3.05) is 19.7 Å². The number of phenolic OH excluding ortho intramolecular Hbond substituents is 1. The average Bonchev–Trinajstić information content (AvgIpc) is 3.47. The fourth-order valence-electron chi connectivity index (χ4n) is 9.66. The van der Waals surface area contributed by atoms with E-state index in [0.717, 1.165) is 77.2 Å². The number of aryl methyl sites for hydroxylation is 2. The van der Waals surface area contributed by atoms with Crippen molar-refractivity contribution in [1.82, 2.24) is 9.80 Å². The lowest BCUT2D eigenvalue weighted by molar-refractivity contribution is -0.144. The Morgan fingerprint density at radius 2 is 1.52 bits per heavy atom. The van der Waals surface area contributed by atoms with Crippen LogP contribution in [0.15, 0.2) is 114 Å². The zero-order valence-corrected chi connectivity index (χ0v) is 32.3. The lowest BCUT2D eigenvalue weighted by Crippen LogP contribution is -2.48. The Morgan fingerprint density at radius 3 is 2.20 bits per heavy atom. The van der Waals surface area contributed by atoms with Crippen molar-refractivity contribution >= 4 is 30.6 Å². The third-order valence-corrected chi connectivity index (χ3v) is 12.3. The highest BCUT2D eigenvalue weighted by Crippen LogP contribution is 2.51. The highest BCUT2D eigenvalue weighted by Gasteiger charge is 2.58. The third kappa shape index (κ3) is 7.99. The molecule has 56 heavy (non-hydrogen) atoms. The summed E-state index contributed by atoms with van der Waals surface area (Å²) in [6, 6.07) is 34.2. The number of imide groups is 1. The van der Waals surface area contributed by atoms with E-state index in [1.54, 1.807) is 4.90 Å². The number of phenols is 1. The predicted molar refractivity (Wildman–Crippen MR) is 219 cm³/mol. The first kappa shape index (κ1) is 37.9. The van der Waals surface area contributed by atoms with E-state index in [0.29, 0.717) is 25.0 Å². The molecule has 0 aromatic heterocycles. The summed E-state index contributed by atoms with van der Waals surface area (Å²) in [5, 5.41) is 21.8. The minimum Gasteiger partial charge on any atom is -0.507 e. The Bertz CT molecular complexity index is 2070. The van der Waals surface area contributed by atoms with E-state index in [1.165, 1.54) is 5.56 Å². The molecule has 0 bridgehead atoms. The summed E-state index contributed by atoms with van der Waals surface area (Å²) in [6.45, 7) is 6.60. The van der Waals surface area contributed by atoms with E-state index in [9.17, 15) is 19.7 Å². The second-order valence-corrected chi connectivity index (χ2v) is 16.0. The fraction of sp³-hybridized carbons (Fsp3) is 0.362. The van der Waals surface area contributed by atoms with Gasteiger partial charge in [0.15, 0.2) is 0 Å². The van der Waals surface area contributed by atoms with Gasteiger partial charge in [0.05, 0.1) is 17.9 Å². The maximum atomic E-state index is 14.6. The molecule has 0 saturated carbocycles. The van der Waals surface area contributed by atoms with Gasteiger partial charge in [-0.1, -0.05) is 84.9 Å². The van der Waals surface area contributed by atoms with E-state index >= 15 is 0 Å². The van der Waals surface area contributed by atoms with Crippen molar-refractivity contribution in [3.05, 3.63) is 142 Å². The normalized spacial score (nSPS) is 23.4. The van der Waals surface area contributed by atoms with E-state index < -0.39 is 25.1 Å². The van der Waals surface area contributed by atoms with Crippen molar-refractivity contribution in [1.29, 1.82) is 0 Å². The smallest absolute Gasteiger partial charge is 0.455 e. The van der Waals surface area contributed by atoms with Crippen LogP contribution in [0.4, 0.5) is 0 Å². The molecule has 2 amide bonds. The number of aromatic hydroxyl groups is 1. The topological polar surface area (TPSA) is 99.5 Å². The Balaban J connectivity index is 1.07. The van der Waals surface area contributed by atoms with Crippen LogP contribution in [-0.2, 0) is 20.8 Å². The van der Waals surface area contributed by atoms with Crippen molar-refractivity contribution in [2.24, 2.45) is 17.8 Å². The Hall–Kier alpha value is -4.96.